The first kappa shape index (κ1) is 19.9. The highest BCUT2D eigenvalue weighted by molar-refractivity contribution is 6.19. The molecule has 28 heavy (non-hydrogen) atoms. The smallest absolute Gasteiger partial charge is 0.329 e. The summed E-state index contributed by atoms with van der Waals surface area (Å²) < 4.78 is 0. The van der Waals surface area contributed by atoms with E-state index in [1.54, 1.807) is 12.1 Å². The molecule has 2 atom stereocenters. The Kier molecular flexibility index (Phi) is 5.67. The van der Waals surface area contributed by atoms with Crippen molar-refractivity contribution in [2.24, 2.45) is 0 Å². The zero-order valence-corrected chi connectivity index (χ0v) is 16.1. The van der Waals surface area contributed by atoms with Crippen LogP contribution in [0.4, 0.5) is 10.5 Å². The Bertz CT molecular complexity index is 790. The van der Waals surface area contributed by atoms with Crippen LogP contribution in [0, 0.1) is 0 Å². The van der Waals surface area contributed by atoms with Gasteiger partial charge >= 0.3 is 12.0 Å². The molecule has 4 amide bonds. The van der Waals surface area contributed by atoms with E-state index in [0.717, 1.165) is 10.5 Å². The number of carbonyl (C=O) groups excluding carboxylic acids is 3. The Morgan fingerprint density at radius 3 is 2.46 bits per heavy atom. The number of carboxylic acids is 1. The van der Waals surface area contributed by atoms with Gasteiger partial charge in [-0.15, -0.1) is 0 Å². The molecular weight excluding hydrogens is 362 g/mol. The maximum Gasteiger partial charge on any atom is 0.329 e. The van der Waals surface area contributed by atoms with Gasteiger partial charge in [0.25, 0.3) is 5.91 Å². The highest BCUT2D eigenvalue weighted by Crippen LogP contribution is 2.29. The maximum atomic E-state index is 13.1. The Hall–Kier alpha value is -2.90. The lowest BCUT2D eigenvalue weighted by molar-refractivity contribution is -0.139. The molecule has 150 valence electrons. The molecule has 0 bridgehead atoms. The van der Waals surface area contributed by atoms with Crippen LogP contribution in [0.15, 0.2) is 24.3 Å². The Balaban J connectivity index is 1.77. The molecule has 2 aliphatic rings. The summed E-state index contributed by atoms with van der Waals surface area (Å²) in [7, 11) is 0. The molecule has 2 N–H and O–H groups in total. The molecule has 2 fully saturated rings. The number of urea groups is 1. The van der Waals surface area contributed by atoms with E-state index in [0.29, 0.717) is 24.6 Å². The normalized spacial score (nSPS) is 21.7. The molecule has 2 saturated heterocycles. The van der Waals surface area contributed by atoms with Gasteiger partial charge in [-0.1, -0.05) is 26.0 Å². The second kappa shape index (κ2) is 8.00. The van der Waals surface area contributed by atoms with Gasteiger partial charge in [-0.2, -0.15) is 0 Å². The quantitative estimate of drug-likeness (QED) is 0.777. The minimum Gasteiger partial charge on any atom is -0.481 e. The number of carboxylic acid groups (broad SMARTS) is 1. The third kappa shape index (κ3) is 3.85. The molecule has 0 spiro atoms. The molecule has 8 nitrogen and oxygen atoms in total. The molecule has 3 rings (SSSR count). The second-order valence-corrected chi connectivity index (χ2v) is 7.54. The molecule has 0 aromatic heterocycles. The maximum absolute atomic E-state index is 13.1. The lowest BCUT2D eigenvalue weighted by Gasteiger charge is -2.37. The average molecular weight is 387 g/mol. The summed E-state index contributed by atoms with van der Waals surface area (Å²) in [5, 5.41) is 11.6. The summed E-state index contributed by atoms with van der Waals surface area (Å²) in [4.78, 5) is 51.4. The average Bonchev–Trinajstić information content (AvgIpc) is 3.05. The van der Waals surface area contributed by atoms with E-state index in [1.165, 1.54) is 4.90 Å². The molecule has 2 aliphatic heterocycles. The van der Waals surface area contributed by atoms with Gasteiger partial charge in [-0.3, -0.25) is 14.4 Å². The summed E-state index contributed by atoms with van der Waals surface area (Å²) in [5.41, 5.74) is 1.57. The fourth-order valence-corrected chi connectivity index (χ4v) is 3.77. The fourth-order valence-electron chi connectivity index (χ4n) is 3.77. The number of nitrogens with zero attached hydrogens (tertiary/aromatic N) is 2. The fraction of sp³-hybridized carbons (Fsp3) is 0.500. The van der Waals surface area contributed by atoms with Gasteiger partial charge in [-0.25, -0.2) is 9.69 Å². The van der Waals surface area contributed by atoms with Crippen molar-refractivity contribution >= 4 is 29.5 Å². The number of rotatable bonds is 6. The minimum absolute atomic E-state index is 0.0693. The lowest BCUT2D eigenvalue weighted by Crippen LogP contribution is -2.65. The van der Waals surface area contributed by atoms with Crippen LogP contribution in [0.5, 0.6) is 0 Å². The highest BCUT2D eigenvalue weighted by atomic mass is 16.4. The number of amides is 4. The molecular formula is C20H25N3O5. The number of nitrogens with one attached hydrogen (secondary N) is 1. The monoisotopic (exact) mass is 387 g/mol. The number of benzene rings is 1. The third-order valence-corrected chi connectivity index (χ3v) is 5.30. The topological polar surface area (TPSA) is 107 Å². The van der Waals surface area contributed by atoms with Crippen LogP contribution >= 0.6 is 0 Å². The number of carbonyl (C=O) groups is 4. The van der Waals surface area contributed by atoms with Crippen molar-refractivity contribution in [1.82, 2.24) is 10.2 Å². The Morgan fingerprint density at radius 2 is 1.86 bits per heavy atom. The zero-order chi connectivity index (χ0) is 20.4. The number of anilines is 1. The van der Waals surface area contributed by atoms with E-state index in [9.17, 15) is 19.2 Å². The van der Waals surface area contributed by atoms with E-state index < -0.39 is 30.0 Å². The Labute approximate surface area is 163 Å². The molecule has 0 aliphatic carbocycles. The van der Waals surface area contributed by atoms with Crippen molar-refractivity contribution in [2.45, 2.75) is 57.5 Å². The number of hydrogen-bond donors (Lipinski definition) is 2. The van der Waals surface area contributed by atoms with Crippen molar-refractivity contribution in [3.05, 3.63) is 29.8 Å². The molecule has 2 heterocycles. The van der Waals surface area contributed by atoms with E-state index >= 15 is 0 Å². The highest BCUT2D eigenvalue weighted by Gasteiger charge is 2.49. The molecule has 0 saturated carbocycles. The van der Waals surface area contributed by atoms with Gasteiger partial charge in [0.05, 0.1) is 11.7 Å². The van der Waals surface area contributed by atoms with Gasteiger partial charge in [0.2, 0.25) is 5.91 Å². The molecule has 8 heteroatoms. The summed E-state index contributed by atoms with van der Waals surface area (Å²) in [5.74, 6) is -1.30. The third-order valence-electron chi connectivity index (χ3n) is 5.30. The number of imide groups is 1. The van der Waals surface area contributed by atoms with Gasteiger partial charge in [0.15, 0.2) is 0 Å². The van der Waals surface area contributed by atoms with Crippen LogP contribution in [0.3, 0.4) is 0 Å². The standard InChI is InChI=1S/C20H25N3O5/c1-12(2)13-6-8-14(9-7-13)23-19(27)18-15(21-20(23)28)10-11-22(18)16(24)4-3-5-17(25)26/h6-9,12,15,18H,3-5,10-11H2,1-2H3,(H,21,28)(H,25,26). The first-order valence-electron chi connectivity index (χ1n) is 9.55. The van der Waals surface area contributed by atoms with Crippen LogP contribution in [-0.4, -0.2) is 52.4 Å². The number of hydrogen-bond acceptors (Lipinski definition) is 4. The number of fused-ring (bicyclic) bond motifs is 1. The molecule has 1 aromatic rings. The second-order valence-electron chi connectivity index (χ2n) is 7.54. The van der Waals surface area contributed by atoms with E-state index in [1.807, 2.05) is 12.1 Å². The zero-order valence-electron chi connectivity index (χ0n) is 16.1. The van der Waals surface area contributed by atoms with E-state index in [-0.39, 0.29) is 25.2 Å². The first-order chi connectivity index (χ1) is 13.3. The van der Waals surface area contributed by atoms with Crippen LogP contribution in [0.2, 0.25) is 0 Å². The van der Waals surface area contributed by atoms with E-state index in [2.05, 4.69) is 19.2 Å². The molecule has 1 aromatic carbocycles. The predicted octanol–water partition coefficient (Wildman–Crippen LogP) is 2.09. The summed E-state index contributed by atoms with van der Waals surface area (Å²) in [6, 6.07) is 5.60. The number of likely N-dealkylation sites (tertiary alicyclic amines) is 1. The van der Waals surface area contributed by atoms with Gasteiger partial charge < -0.3 is 15.3 Å². The van der Waals surface area contributed by atoms with Crippen molar-refractivity contribution < 1.29 is 24.3 Å². The number of aliphatic carboxylic acids is 1. The van der Waals surface area contributed by atoms with Crippen LogP contribution < -0.4 is 10.2 Å². The first-order valence-corrected chi connectivity index (χ1v) is 9.55. The van der Waals surface area contributed by atoms with Crippen molar-refractivity contribution in [3.8, 4) is 0 Å². The summed E-state index contributed by atoms with van der Waals surface area (Å²) in [6.07, 6.45) is 0.711. The van der Waals surface area contributed by atoms with E-state index in [4.69, 9.17) is 5.11 Å². The van der Waals surface area contributed by atoms with Gasteiger partial charge in [0, 0.05) is 19.4 Å². The minimum atomic E-state index is -0.955. The molecule has 2 unspecified atom stereocenters. The van der Waals surface area contributed by atoms with Gasteiger partial charge in [-0.05, 0) is 36.5 Å². The van der Waals surface area contributed by atoms with Crippen molar-refractivity contribution in [2.75, 3.05) is 11.4 Å². The lowest BCUT2D eigenvalue weighted by atomic mass is 10.0. The summed E-state index contributed by atoms with van der Waals surface area (Å²) >= 11 is 0. The van der Waals surface area contributed by atoms with Crippen LogP contribution in [0.1, 0.15) is 51.0 Å². The summed E-state index contributed by atoms with van der Waals surface area (Å²) in [6.45, 7) is 4.49. The van der Waals surface area contributed by atoms with Crippen LogP contribution in [0.25, 0.3) is 0 Å². The Morgan fingerprint density at radius 1 is 1.18 bits per heavy atom. The van der Waals surface area contributed by atoms with Crippen LogP contribution in [-0.2, 0) is 14.4 Å². The van der Waals surface area contributed by atoms with Crippen molar-refractivity contribution in [1.29, 1.82) is 0 Å². The SMILES string of the molecule is CC(C)c1ccc(N2C(=O)NC3CCN(C(=O)CCCC(=O)O)C3C2=O)cc1. The van der Waals surface area contributed by atoms with Gasteiger partial charge in [0.1, 0.15) is 6.04 Å². The van der Waals surface area contributed by atoms with Crippen molar-refractivity contribution in [3.63, 3.8) is 0 Å². The molecule has 0 radical (unpaired) electrons. The largest absolute Gasteiger partial charge is 0.481 e. The predicted molar refractivity (Wildman–Crippen MR) is 102 cm³/mol.